The summed E-state index contributed by atoms with van der Waals surface area (Å²) in [5, 5.41) is 8.78. The van der Waals surface area contributed by atoms with E-state index in [0.29, 0.717) is 13.0 Å². The molecule has 0 heterocycles. The number of halogens is 2. The number of carbonyl (C=O) groups is 1. The third-order valence-corrected chi connectivity index (χ3v) is 2.61. The van der Waals surface area contributed by atoms with Crippen molar-refractivity contribution < 1.29 is 18.7 Å². The van der Waals surface area contributed by atoms with Gasteiger partial charge in [-0.15, -0.1) is 0 Å². The molecule has 1 aromatic rings. The van der Waals surface area contributed by atoms with Gasteiger partial charge >= 0.3 is 0 Å². The molecule has 1 aromatic carbocycles. The van der Waals surface area contributed by atoms with E-state index in [1.807, 2.05) is 13.8 Å². The lowest BCUT2D eigenvalue weighted by Gasteiger charge is -2.26. The molecule has 0 aliphatic carbocycles. The van der Waals surface area contributed by atoms with E-state index < -0.39 is 11.6 Å². The number of hydrogen-bond donors (Lipinski definition) is 1. The van der Waals surface area contributed by atoms with Crippen molar-refractivity contribution in [3.8, 4) is 0 Å². The van der Waals surface area contributed by atoms with E-state index in [2.05, 4.69) is 0 Å². The molecule has 0 aromatic heterocycles. The molecule has 0 aliphatic rings. The highest BCUT2D eigenvalue weighted by atomic mass is 19.2. The smallest absolute Gasteiger partial charge is 0.254 e. The molecule has 0 saturated heterocycles. The number of aliphatic hydroxyl groups is 1. The fraction of sp³-hybridized carbons (Fsp3) is 0.462. The lowest BCUT2D eigenvalue weighted by atomic mass is 10.1. The molecule has 0 unspecified atom stereocenters. The molecule has 3 nitrogen and oxygen atoms in total. The van der Waals surface area contributed by atoms with Crippen LogP contribution in [0.3, 0.4) is 0 Å². The van der Waals surface area contributed by atoms with Crippen molar-refractivity contribution in [3.63, 3.8) is 0 Å². The van der Waals surface area contributed by atoms with E-state index in [1.165, 1.54) is 11.0 Å². The molecule has 1 rings (SSSR count). The van der Waals surface area contributed by atoms with E-state index in [0.717, 1.165) is 12.1 Å². The fourth-order valence-electron chi connectivity index (χ4n) is 1.63. The zero-order valence-corrected chi connectivity index (χ0v) is 10.5. The summed E-state index contributed by atoms with van der Waals surface area (Å²) < 4.78 is 25.9. The van der Waals surface area contributed by atoms with E-state index >= 15 is 0 Å². The number of amides is 1. The molecule has 0 radical (unpaired) electrons. The molecular formula is C13H17F2NO2. The molecule has 0 spiro atoms. The predicted molar refractivity (Wildman–Crippen MR) is 64.2 cm³/mol. The molecule has 100 valence electrons. The average molecular weight is 257 g/mol. The first-order valence-corrected chi connectivity index (χ1v) is 5.84. The number of benzene rings is 1. The number of carbonyl (C=O) groups excluding carboxylic acids is 1. The van der Waals surface area contributed by atoms with Crippen LogP contribution in [0.1, 0.15) is 30.6 Å². The molecule has 0 saturated carbocycles. The van der Waals surface area contributed by atoms with Gasteiger partial charge in [-0.05, 0) is 38.5 Å². The topological polar surface area (TPSA) is 40.5 Å². The fourth-order valence-corrected chi connectivity index (χ4v) is 1.63. The largest absolute Gasteiger partial charge is 0.396 e. The highest BCUT2D eigenvalue weighted by Crippen LogP contribution is 2.13. The van der Waals surface area contributed by atoms with Gasteiger partial charge in [0.15, 0.2) is 11.6 Å². The molecule has 0 aliphatic heterocycles. The summed E-state index contributed by atoms with van der Waals surface area (Å²) in [6.07, 6.45) is 0.452. The Kier molecular flexibility index (Phi) is 5.22. The minimum atomic E-state index is -1.04. The zero-order valence-electron chi connectivity index (χ0n) is 10.5. The van der Waals surface area contributed by atoms with Crippen LogP contribution in [0.5, 0.6) is 0 Å². The monoisotopic (exact) mass is 257 g/mol. The van der Waals surface area contributed by atoms with Gasteiger partial charge in [-0.25, -0.2) is 8.78 Å². The first-order chi connectivity index (χ1) is 8.47. The lowest BCUT2D eigenvalue weighted by molar-refractivity contribution is 0.0692. The second-order valence-corrected chi connectivity index (χ2v) is 4.30. The molecule has 0 atom stereocenters. The Morgan fingerprint density at radius 3 is 2.50 bits per heavy atom. The SMILES string of the molecule is CC(C)N(CCCO)C(=O)c1ccc(F)c(F)c1. The highest BCUT2D eigenvalue weighted by Gasteiger charge is 2.19. The minimum absolute atomic E-state index is 0.0196. The van der Waals surface area contributed by atoms with Gasteiger partial charge in [-0.3, -0.25) is 4.79 Å². The summed E-state index contributed by atoms with van der Waals surface area (Å²) in [6.45, 7) is 4.02. The zero-order chi connectivity index (χ0) is 13.7. The predicted octanol–water partition coefficient (Wildman–Crippen LogP) is 2.20. The van der Waals surface area contributed by atoms with Crippen molar-refractivity contribution >= 4 is 5.91 Å². The second kappa shape index (κ2) is 6.44. The summed E-state index contributed by atoms with van der Waals surface area (Å²) in [7, 11) is 0. The van der Waals surface area contributed by atoms with Crippen molar-refractivity contribution in [1.82, 2.24) is 4.90 Å². The minimum Gasteiger partial charge on any atom is -0.396 e. The molecule has 0 fully saturated rings. The Balaban J connectivity index is 2.91. The van der Waals surface area contributed by atoms with Crippen molar-refractivity contribution in [2.24, 2.45) is 0 Å². The van der Waals surface area contributed by atoms with Crippen LogP contribution in [0, 0.1) is 11.6 Å². The van der Waals surface area contributed by atoms with Crippen LogP contribution < -0.4 is 0 Å². The van der Waals surface area contributed by atoms with Gasteiger partial charge in [0.2, 0.25) is 0 Å². The third-order valence-electron chi connectivity index (χ3n) is 2.61. The van der Waals surface area contributed by atoms with Gasteiger partial charge < -0.3 is 10.0 Å². The van der Waals surface area contributed by atoms with Crippen LogP contribution in [0.25, 0.3) is 0 Å². The van der Waals surface area contributed by atoms with Gasteiger partial charge in [0.1, 0.15) is 0 Å². The maximum atomic E-state index is 13.1. The molecule has 1 N–H and O–H groups in total. The van der Waals surface area contributed by atoms with Gasteiger partial charge in [-0.2, -0.15) is 0 Å². The van der Waals surface area contributed by atoms with E-state index in [9.17, 15) is 13.6 Å². The highest BCUT2D eigenvalue weighted by molar-refractivity contribution is 5.94. The van der Waals surface area contributed by atoms with Crippen LogP contribution >= 0.6 is 0 Å². The Bertz CT molecular complexity index is 421. The van der Waals surface area contributed by atoms with Gasteiger partial charge in [-0.1, -0.05) is 0 Å². The van der Waals surface area contributed by atoms with Crippen molar-refractivity contribution in [2.75, 3.05) is 13.2 Å². The van der Waals surface area contributed by atoms with Crippen molar-refractivity contribution in [2.45, 2.75) is 26.3 Å². The van der Waals surface area contributed by atoms with Crippen molar-refractivity contribution in [1.29, 1.82) is 0 Å². The van der Waals surface area contributed by atoms with Gasteiger partial charge in [0.25, 0.3) is 5.91 Å². The van der Waals surface area contributed by atoms with Crippen LogP contribution in [-0.4, -0.2) is 35.1 Å². The molecular weight excluding hydrogens is 240 g/mol. The third kappa shape index (κ3) is 3.50. The summed E-state index contributed by atoms with van der Waals surface area (Å²) in [5.41, 5.74) is 0.112. The number of hydrogen-bond acceptors (Lipinski definition) is 2. The van der Waals surface area contributed by atoms with E-state index in [1.54, 1.807) is 0 Å². The lowest BCUT2D eigenvalue weighted by Crippen LogP contribution is -2.38. The number of rotatable bonds is 5. The summed E-state index contributed by atoms with van der Waals surface area (Å²) in [6, 6.07) is 3.02. The first-order valence-electron chi connectivity index (χ1n) is 5.84. The second-order valence-electron chi connectivity index (χ2n) is 4.30. The van der Waals surface area contributed by atoms with Gasteiger partial charge in [0.05, 0.1) is 0 Å². The molecule has 18 heavy (non-hydrogen) atoms. The molecule has 5 heteroatoms. The van der Waals surface area contributed by atoms with E-state index in [-0.39, 0.29) is 24.1 Å². The van der Waals surface area contributed by atoms with Crippen molar-refractivity contribution in [3.05, 3.63) is 35.4 Å². The number of aliphatic hydroxyl groups excluding tert-OH is 1. The maximum Gasteiger partial charge on any atom is 0.254 e. The Morgan fingerprint density at radius 1 is 1.33 bits per heavy atom. The van der Waals surface area contributed by atoms with Crippen LogP contribution in [0.4, 0.5) is 8.78 Å². The van der Waals surface area contributed by atoms with Crippen LogP contribution in [0.15, 0.2) is 18.2 Å². The maximum absolute atomic E-state index is 13.1. The Labute approximate surface area is 105 Å². The first kappa shape index (κ1) is 14.6. The normalized spacial score (nSPS) is 10.8. The standard InChI is InChI=1S/C13H17F2NO2/c1-9(2)16(6-3-7-17)13(18)10-4-5-11(14)12(15)8-10/h4-5,8-9,17H,3,6-7H2,1-2H3. The average Bonchev–Trinajstić information content (AvgIpc) is 2.32. The quantitative estimate of drug-likeness (QED) is 0.878. The Morgan fingerprint density at radius 2 is 2.00 bits per heavy atom. The van der Waals surface area contributed by atoms with Gasteiger partial charge in [0, 0.05) is 24.8 Å². The van der Waals surface area contributed by atoms with E-state index in [4.69, 9.17) is 5.11 Å². The molecule has 1 amide bonds. The Hall–Kier alpha value is -1.49. The summed E-state index contributed by atoms with van der Waals surface area (Å²) in [4.78, 5) is 13.6. The number of nitrogens with zero attached hydrogens (tertiary/aromatic N) is 1. The van der Waals surface area contributed by atoms with Crippen LogP contribution in [0.2, 0.25) is 0 Å². The van der Waals surface area contributed by atoms with Crippen LogP contribution in [-0.2, 0) is 0 Å². The summed E-state index contributed by atoms with van der Waals surface area (Å²) >= 11 is 0. The molecule has 0 bridgehead atoms. The summed E-state index contributed by atoms with van der Waals surface area (Å²) in [5.74, 6) is -2.37.